The van der Waals surface area contributed by atoms with Gasteiger partial charge >= 0.3 is 0 Å². The number of rotatable bonds is 6. The summed E-state index contributed by atoms with van der Waals surface area (Å²) in [5.74, 6) is 1.82. The summed E-state index contributed by atoms with van der Waals surface area (Å²) in [5, 5.41) is 0. The van der Waals surface area contributed by atoms with Gasteiger partial charge in [0.05, 0.1) is 14.2 Å². The Labute approximate surface area is 106 Å². The molecule has 0 aliphatic carbocycles. The van der Waals surface area contributed by atoms with Crippen LogP contribution in [0.1, 0.15) is 25.3 Å². The highest BCUT2D eigenvalue weighted by atomic mass is 79.9. The molecule has 2 nitrogen and oxygen atoms in total. The summed E-state index contributed by atoms with van der Waals surface area (Å²) in [7, 11) is 3.40. The summed E-state index contributed by atoms with van der Waals surface area (Å²) in [6, 6.07) is 5.91. The molecular formula is C13H19BrO2. The van der Waals surface area contributed by atoms with Crippen LogP contribution in [0.15, 0.2) is 18.2 Å². The van der Waals surface area contributed by atoms with Gasteiger partial charge in [-0.15, -0.1) is 0 Å². The summed E-state index contributed by atoms with van der Waals surface area (Å²) in [4.78, 5) is 0.558. The maximum absolute atomic E-state index is 5.36. The number of methoxy groups -OCH3 is 2. The average Bonchev–Trinajstić information content (AvgIpc) is 2.35. The van der Waals surface area contributed by atoms with Crippen LogP contribution in [0.5, 0.6) is 11.5 Å². The molecule has 0 radical (unpaired) electrons. The summed E-state index contributed by atoms with van der Waals surface area (Å²) in [5.41, 5.74) is 1.16. The quantitative estimate of drug-likeness (QED) is 0.741. The Kier molecular flexibility index (Phi) is 5.67. The fourth-order valence-electron chi connectivity index (χ4n) is 1.68. The average molecular weight is 287 g/mol. The molecule has 0 spiro atoms. The lowest BCUT2D eigenvalue weighted by Gasteiger charge is -2.14. The lowest BCUT2D eigenvalue weighted by atomic mass is 10.0. The third-order valence-corrected chi connectivity index (χ3v) is 3.79. The Morgan fingerprint density at radius 1 is 1.19 bits per heavy atom. The topological polar surface area (TPSA) is 18.5 Å². The number of alkyl halides is 1. The van der Waals surface area contributed by atoms with E-state index in [2.05, 4.69) is 22.9 Å². The van der Waals surface area contributed by atoms with Gasteiger partial charge in [0.1, 0.15) is 11.5 Å². The van der Waals surface area contributed by atoms with Gasteiger partial charge < -0.3 is 9.47 Å². The number of hydrogen-bond acceptors (Lipinski definition) is 2. The molecule has 1 atom stereocenters. The Morgan fingerprint density at radius 2 is 1.75 bits per heavy atom. The van der Waals surface area contributed by atoms with Gasteiger partial charge in [-0.25, -0.2) is 0 Å². The minimum Gasteiger partial charge on any atom is -0.496 e. The van der Waals surface area contributed by atoms with Gasteiger partial charge in [0, 0.05) is 10.4 Å². The Morgan fingerprint density at radius 3 is 2.19 bits per heavy atom. The van der Waals surface area contributed by atoms with Gasteiger partial charge in [0.15, 0.2) is 0 Å². The van der Waals surface area contributed by atoms with E-state index in [0.717, 1.165) is 36.3 Å². The molecule has 16 heavy (non-hydrogen) atoms. The highest BCUT2D eigenvalue weighted by Gasteiger charge is 2.11. The smallest absolute Gasteiger partial charge is 0.125 e. The Balaban J connectivity index is 2.82. The summed E-state index contributed by atoms with van der Waals surface area (Å²) in [6.07, 6.45) is 3.20. The number of ether oxygens (including phenoxy) is 2. The van der Waals surface area contributed by atoms with Crippen molar-refractivity contribution in [2.45, 2.75) is 31.0 Å². The van der Waals surface area contributed by atoms with E-state index < -0.39 is 0 Å². The second kappa shape index (κ2) is 6.79. The van der Waals surface area contributed by atoms with Gasteiger partial charge in [-0.2, -0.15) is 0 Å². The predicted octanol–water partition coefficient (Wildman–Crippen LogP) is 3.81. The minimum absolute atomic E-state index is 0.558. The molecule has 1 aromatic carbocycles. The summed E-state index contributed by atoms with van der Waals surface area (Å²) in [6.45, 7) is 2.18. The fourth-order valence-corrected chi connectivity index (χ4v) is 1.91. The normalized spacial score (nSPS) is 12.2. The molecule has 0 aromatic heterocycles. The third kappa shape index (κ3) is 3.41. The molecule has 0 aliphatic rings. The largest absolute Gasteiger partial charge is 0.496 e. The van der Waals surface area contributed by atoms with E-state index in [4.69, 9.17) is 9.47 Å². The van der Waals surface area contributed by atoms with Gasteiger partial charge in [0.25, 0.3) is 0 Å². The van der Waals surface area contributed by atoms with Crippen molar-refractivity contribution in [2.24, 2.45) is 0 Å². The van der Waals surface area contributed by atoms with E-state index in [0.29, 0.717) is 4.83 Å². The highest BCUT2D eigenvalue weighted by Crippen LogP contribution is 2.30. The zero-order valence-electron chi connectivity index (χ0n) is 10.1. The van der Waals surface area contributed by atoms with Crippen LogP contribution in [0.25, 0.3) is 0 Å². The predicted molar refractivity (Wildman–Crippen MR) is 70.9 cm³/mol. The Hall–Kier alpha value is -0.700. The van der Waals surface area contributed by atoms with Crippen molar-refractivity contribution in [1.29, 1.82) is 0 Å². The minimum atomic E-state index is 0.558. The van der Waals surface area contributed by atoms with Gasteiger partial charge in [-0.3, -0.25) is 0 Å². The van der Waals surface area contributed by atoms with Gasteiger partial charge in [-0.1, -0.05) is 28.9 Å². The van der Waals surface area contributed by atoms with Crippen LogP contribution in [0.3, 0.4) is 0 Å². The molecule has 0 saturated carbocycles. The van der Waals surface area contributed by atoms with Crippen LogP contribution in [-0.4, -0.2) is 19.0 Å². The molecule has 3 heteroatoms. The van der Waals surface area contributed by atoms with E-state index in [1.807, 2.05) is 18.2 Å². The molecule has 90 valence electrons. The van der Waals surface area contributed by atoms with Crippen LogP contribution in [0.2, 0.25) is 0 Å². The molecule has 1 unspecified atom stereocenters. The molecule has 0 fully saturated rings. The monoisotopic (exact) mass is 286 g/mol. The number of halogens is 1. The highest BCUT2D eigenvalue weighted by molar-refractivity contribution is 9.09. The van der Waals surface area contributed by atoms with Crippen molar-refractivity contribution in [2.75, 3.05) is 14.2 Å². The zero-order chi connectivity index (χ0) is 12.0. The van der Waals surface area contributed by atoms with Crippen LogP contribution in [-0.2, 0) is 6.42 Å². The summed E-state index contributed by atoms with van der Waals surface area (Å²) >= 11 is 3.65. The maximum atomic E-state index is 5.36. The maximum Gasteiger partial charge on any atom is 0.125 e. The summed E-state index contributed by atoms with van der Waals surface area (Å²) < 4.78 is 10.7. The van der Waals surface area contributed by atoms with Crippen LogP contribution < -0.4 is 9.47 Å². The van der Waals surface area contributed by atoms with Gasteiger partial charge in [-0.05, 0) is 31.4 Å². The lowest BCUT2D eigenvalue weighted by Crippen LogP contribution is -2.02. The molecule has 0 saturated heterocycles. The van der Waals surface area contributed by atoms with Crippen molar-refractivity contribution in [3.63, 3.8) is 0 Å². The van der Waals surface area contributed by atoms with E-state index in [1.54, 1.807) is 14.2 Å². The third-order valence-electron chi connectivity index (χ3n) is 2.68. The SMILES string of the molecule is CCC(Br)CCc1c(OC)cccc1OC. The molecule has 1 rings (SSSR count). The van der Waals surface area contributed by atoms with Crippen LogP contribution >= 0.6 is 15.9 Å². The van der Waals surface area contributed by atoms with E-state index in [1.165, 1.54) is 0 Å². The first-order valence-corrected chi connectivity index (χ1v) is 6.48. The molecule has 1 aromatic rings. The van der Waals surface area contributed by atoms with Gasteiger partial charge in [0.2, 0.25) is 0 Å². The molecule has 0 N–H and O–H groups in total. The molecular weight excluding hydrogens is 268 g/mol. The first-order valence-electron chi connectivity index (χ1n) is 5.56. The first-order chi connectivity index (χ1) is 7.72. The molecule has 0 amide bonds. The molecule has 0 bridgehead atoms. The second-order valence-corrected chi connectivity index (χ2v) is 4.98. The van der Waals surface area contributed by atoms with E-state index in [-0.39, 0.29) is 0 Å². The number of hydrogen-bond donors (Lipinski definition) is 0. The lowest BCUT2D eigenvalue weighted by molar-refractivity contribution is 0.384. The van der Waals surface area contributed by atoms with Crippen LogP contribution in [0, 0.1) is 0 Å². The molecule has 0 aliphatic heterocycles. The van der Waals surface area contributed by atoms with Crippen molar-refractivity contribution < 1.29 is 9.47 Å². The van der Waals surface area contributed by atoms with Crippen LogP contribution in [0.4, 0.5) is 0 Å². The second-order valence-electron chi connectivity index (χ2n) is 3.69. The van der Waals surface area contributed by atoms with E-state index in [9.17, 15) is 0 Å². The van der Waals surface area contributed by atoms with Crippen molar-refractivity contribution >= 4 is 15.9 Å². The standard InChI is InChI=1S/C13H19BrO2/c1-4-10(14)8-9-11-12(15-2)6-5-7-13(11)16-3/h5-7,10H,4,8-9H2,1-3H3. The van der Waals surface area contributed by atoms with E-state index >= 15 is 0 Å². The van der Waals surface area contributed by atoms with Crippen molar-refractivity contribution in [3.8, 4) is 11.5 Å². The Bertz CT molecular complexity index is 303. The van der Waals surface area contributed by atoms with Crippen molar-refractivity contribution in [1.82, 2.24) is 0 Å². The van der Waals surface area contributed by atoms with Crippen molar-refractivity contribution in [3.05, 3.63) is 23.8 Å². The first kappa shape index (κ1) is 13.4. The fraction of sp³-hybridized carbons (Fsp3) is 0.538. The number of benzene rings is 1. The molecule has 0 heterocycles. The zero-order valence-corrected chi connectivity index (χ0v) is 11.7.